The Bertz CT molecular complexity index is 984. The van der Waals surface area contributed by atoms with Crippen LogP contribution in [0.25, 0.3) is 10.8 Å². The summed E-state index contributed by atoms with van der Waals surface area (Å²) in [4.78, 5) is 24.8. The molecule has 0 atom stereocenters. The maximum Gasteiger partial charge on any atom is 0.258 e. The first-order chi connectivity index (χ1) is 14.0. The lowest BCUT2D eigenvalue weighted by Gasteiger charge is -2.14. The lowest BCUT2D eigenvalue weighted by atomic mass is 10.1. The van der Waals surface area contributed by atoms with Crippen molar-refractivity contribution in [2.75, 3.05) is 13.2 Å². The van der Waals surface area contributed by atoms with Crippen molar-refractivity contribution in [3.8, 4) is 5.75 Å². The number of hydrogen-bond acceptors (Lipinski definition) is 3. The average molecular weight is 390 g/mol. The van der Waals surface area contributed by atoms with Gasteiger partial charge in [-0.1, -0.05) is 54.6 Å². The monoisotopic (exact) mass is 390 g/mol. The van der Waals surface area contributed by atoms with Gasteiger partial charge in [-0.2, -0.15) is 0 Å². The van der Waals surface area contributed by atoms with Gasteiger partial charge >= 0.3 is 0 Å². The summed E-state index contributed by atoms with van der Waals surface area (Å²) in [5.74, 6) is -0.0330. The SMILES string of the molecule is CC(C)NC(=O)COc1cc2ccccc2cc1C(=O)NCCc1ccccc1. The molecule has 5 heteroatoms. The second-order valence-electron chi connectivity index (χ2n) is 7.20. The van der Waals surface area contributed by atoms with Gasteiger partial charge in [0, 0.05) is 12.6 Å². The van der Waals surface area contributed by atoms with E-state index in [1.165, 1.54) is 0 Å². The van der Waals surface area contributed by atoms with Crippen LogP contribution in [0.1, 0.15) is 29.8 Å². The van der Waals surface area contributed by atoms with E-state index in [0.717, 1.165) is 22.8 Å². The summed E-state index contributed by atoms with van der Waals surface area (Å²) >= 11 is 0. The molecule has 5 nitrogen and oxygen atoms in total. The second kappa shape index (κ2) is 9.73. The number of amides is 2. The quantitative estimate of drug-likeness (QED) is 0.616. The van der Waals surface area contributed by atoms with Crippen molar-refractivity contribution < 1.29 is 14.3 Å². The molecule has 150 valence electrons. The Kier molecular flexibility index (Phi) is 6.85. The summed E-state index contributed by atoms with van der Waals surface area (Å²) in [6, 6.07) is 21.4. The molecule has 0 spiro atoms. The van der Waals surface area contributed by atoms with Crippen LogP contribution < -0.4 is 15.4 Å². The number of hydrogen-bond donors (Lipinski definition) is 2. The number of ether oxygens (including phenoxy) is 1. The van der Waals surface area contributed by atoms with Gasteiger partial charge in [0.1, 0.15) is 5.75 Å². The van der Waals surface area contributed by atoms with Crippen LogP contribution in [-0.4, -0.2) is 31.0 Å². The molecule has 0 saturated carbocycles. The van der Waals surface area contributed by atoms with Crippen molar-refractivity contribution in [1.82, 2.24) is 10.6 Å². The van der Waals surface area contributed by atoms with Crippen molar-refractivity contribution >= 4 is 22.6 Å². The van der Waals surface area contributed by atoms with Crippen LogP contribution in [-0.2, 0) is 11.2 Å². The minimum absolute atomic E-state index is 0.0310. The molecule has 0 unspecified atom stereocenters. The van der Waals surface area contributed by atoms with Gasteiger partial charge in [-0.25, -0.2) is 0 Å². The van der Waals surface area contributed by atoms with Gasteiger partial charge in [0.25, 0.3) is 11.8 Å². The molecule has 2 amide bonds. The van der Waals surface area contributed by atoms with Gasteiger partial charge in [-0.05, 0) is 48.7 Å². The first-order valence-corrected chi connectivity index (χ1v) is 9.80. The minimum atomic E-state index is -0.219. The Labute approximate surface area is 171 Å². The van der Waals surface area contributed by atoms with Crippen molar-refractivity contribution in [2.24, 2.45) is 0 Å². The van der Waals surface area contributed by atoms with Gasteiger partial charge in [-0.3, -0.25) is 9.59 Å². The van der Waals surface area contributed by atoms with Crippen molar-refractivity contribution in [3.63, 3.8) is 0 Å². The number of carbonyl (C=O) groups excluding carboxylic acids is 2. The van der Waals surface area contributed by atoms with Crippen LogP contribution in [0, 0.1) is 0 Å². The Balaban J connectivity index is 1.74. The fraction of sp³-hybridized carbons (Fsp3) is 0.250. The Morgan fingerprint density at radius 3 is 2.28 bits per heavy atom. The molecule has 2 N–H and O–H groups in total. The zero-order valence-electron chi connectivity index (χ0n) is 16.8. The fourth-order valence-corrected chi connectivity index (χ4v) is 3.08. The molecule has 0 aliphatic carbocycles. The molecular formula is C24H26N2O3. The molecule has 0 fully saturated rings. The summed E-state index contributed by atoms with van der Waals surface area (Å²) in [5, 5.41) is 7.64. The minimum Gasteiger partial charge on any atom is -0.483 e. The highest BCUT2D eigenvalue weighted by molar-refractivity contribution is 6.01. The third-order valence-electron chi connectivity index (χ3n) is 4.44. The molecular weight excluding hydrogens is 364 g/mol. The van der Waals surface area contributed by atoms with E-state index in [-0.39, 0.29) is 24.5 Å². The van der Waals surface area contributed by atoms with Gasteiger partial charge in [0.05, 0.1) is 5.56 Å². The Hall–Kier alpha value is -3.34. The molecule has 0 heterocycles. The van der Waals surface area contributed by atoms with Crippen molar-refractivity contribution in [1.29, 1.82) is 0 Å². The van der Waals surface area contributed by atoms with Crippen LogP contribution in [0.15, 0.2) is 66.7 Å². The molecule has 0 aliphatic heterocycles. The maximum absolute atomic E-state index is 12.8. The number of benzene rings is 3. The summed E-state index contributed by atoms with van der Waals surface area (Å²) in [7, 11) is 0. The van der Waals surface area contributed by atoms with E-state index in [4.69, 9.17) is 4.74 Å². The number of fused-ring (bicyclic) bond motifs is 1. The van der Waals surface area contributed by atoms with Gasteiger partial charge in [0.15, 0.2) is 6.61 Å². The first kappa shape index (κ1) is 20.4. The van der Waals surface area contributed by atoms with E-state index < -0.39 is 0 Å². The lowest BCUT2D eigenvalue weighted by molar-refractivity contribution is -0.123. The normalized spacial score (nSPS) is 10.7. The van der Waals surface area contributed by atoms with Crippen LogP contribution in [0.2, 0.25) is 0 Å². The molecule has 0 bridgehead atoms. The van der Waals surface area contributed by atoms with E-state index in [1.807, 2.05) is 80.6 Å². The zero-order chi connectivity index (χ0) is 20.6. The highest BCUT2D eigenvalue weighted by atomic mass is 16.5. The summed E-state index contributed by atoms with van der Waals surface area (Å²) in [6.07, 6.45) is 0.743. The molecule has 0 aliphatic rings. The largest absolute Gasteiger partial charge is 0.483 e. The molecule has 0 aromatic heterocycles. The first-order valence-electron chi connectivity index (χ1n) is 9.80. The molecule has 3 rings (SSSR count). The Morgan fingerprint density at radius 2 is 1.59 bits per heavy atom. The number of nitrogens with one attached hydrogen (secondary N) is 2. The third-order valence-corrected chi connectivity index (χ3v) is 4.44. The van der Waals surface area contributed by atoms with Gasteiger partial charge in [0.2, 0.25) is 0 Å². The summed E-state index contributed by atoms with van der Waals surface area (Å²) in [6.45, 7) is 4.16. The average Bonchev–Trinajstić information content (AvgIpc) is 2.71. The molecule has 29 heavy (non-hydrogen) atoms. The summed E-state index contributed by atoms with van der Waals surface area (Å²) in [5.41, 5.74) is 1.59. The van der Waals surface area contributed by atoms with E-state index in [1.54, 1.807) is 0 Å². The van der Waals surface area contributed by atoms with E-state index in [0.29, 0.717) is 17.9 Å². The standard InChI is InChI=1S/C24H26N2O3/c1-17(2)26-23(27)16-29-22-15-20-11-7-6-10-19(20)14-21(22)24(28)25-13-12-18-8-4-3-5-9-18/h3-11,14-15,17H,12-13,16H2,1-2H3,(H,25,28)(H,26,27). The molecule has 3 aromatic rings. The zero-order valence-corrected chi connectivity index (χ0v) is 16.8. The van der Waals surface area contributed by atoms with Crippen LogP contribution in [0.3, 0.4) is 0 Å². The smallest absolute Gasteiger partial charge is 0.258 e. The van der Waals surface area contributed by atoms with Crippen molar-refractivity contribution in [2.45, 2.75) is 26.3 Å². The molecule has 0 radical (unpaired) electrons. The molecule has 3 aromatic carbocycles. The van der Waals surface area contributed by atoms with E-state index in [2.05, 4.69) is 10.6 Å². The fourth-order valence-electron chi connectivity index (χ4n) is 3.08. The van der Waals surface area contributed by atoms with Crippen LogP contribution in [0.4, 0.5) is 0 Å². The topological polar surface area (TPSA) is 67.4 Å². The summed E-state index contributed by atoms with van der Waals surface area (Å²) < 4.78 is 5.72. The van der Waals surface area contributed by atoms with Crippen molar-refractivity contribution in [3.05, 3.63) is 77.9 Å². The van der Waals surface area contributed by atoms with Gasteiger partial charge < -0.3 is 15.4 Å². The Morgan fingerprint density at radius 1 is 0.931 bits per heavy atom. The highest BCUT2D eigenvalue weighted by Gasteiger charge is 2.15. The van der Waals surface area contributed by atoms with E-state index in [9.17, 15) is 9.59 Å². The predicted molar refractivity (Wildman–Crippen MR) is 115 cm³/mol. The highest BCUT2D eigenvalue weighted by Crippen LogP contribution is 2.26. The number of rotatable bonds is 8. The number of carbonyl (C=O) groups is 2. The molecule has 0 saturated heterocycles. The van der Waals surface area contributed by atoms with Crippen LogP contribution >= 0.6 is 0 Å². The lowest BCUT2D eigenvalue weighted by Crippen LogP contribution is -2.34. The third kappa shape index (κ3) is 5.82. The second-order valence-corrected chi connectivity index (χ2v) is 7.20. The predicted octanol–water partition coefficient (Wildman–Crippen LogP) is 3.72. The van der Waals surface area contributed by atoms with Gasteiger partial charge in [-0.15, -0.1) is 0 Å². The maximum atomic E-state index is 12.8. The van der Waals surface area contributed by atoms with Crippen LogP contribution in [0.5, 0.6) is 5.75 Å². The van der Waals surface area contributed by atoms with E-state index >= 15 is 0 Å².